The minimum absolute atomic E-state index is 0.259. The Kier molecular flexibility index (Phi) is 3.13. The lowest BCUT2D eigenvalue weighted by molar-refractivity contribution is -0.0896. The lowest BCUT2D eigenvalue weighted by atomic mass is 9.88. The number of benzene rings is 2. The molecule has 0 aromatic heterocycles. The van der Waals surface area contributed by atoms with Crippen molar-refractivity contribution in [2.75, 3.05) is 13.1 Å². The van der Waals surface area contributed by atoms with Gasteiger partial charge in [0.15, 0.2) is 0 Å². The van der Waals surface area contributed by atoms with Gasteiger partial charge >= 0.3 is 0 Å². The number of nitrogens with zero attached hydrogens (tertiary/aromatic N) is 1. The smallest absolute Gasteiger partial charge is 0.0348 e. The quantitative estimate of drug-likeness (QED) is 0.826. The highest BCUT2D eigenvalue weighted by atomic mass is 16.5. The molecule has 0 bridgehead atoms. The normalized spacial score (nSPS) is 20.2. The molecule has 0 saturated heterocycles. The van der Waals surface area contributed by atoms with Gasteiger partial charge in [-0.25, -0.2) is 0 Å². The summed E-state index contributed by atoms with van der Waals surface area (Å²) < 4.78 is 0. The van der Waals surface area contributed by atoms with Crippen molar-refractivity contribution in [2.24, 2.45) is 0 Å². The van der Waals surface area contributed by atoms with Crippen LogP contribution >= 0.6 is 0 Å². The van der Waals surface area contributed by atoms with Crippen LogP contribution in [0.3, 0.4) is 0 Å². The van der Waals surface area contributed by atoms with Gasteiger partial charge < -0.3 is 5.21 Å². The first-order valence-corrected chi connectivity index (χ1v) is 6.41. The van der Waals surface area contributed by atoms with Gasteiger partial charge in [-0.15, -0.1) is 0 Å². The maximum absolute atomic E-state index is 9.93. The predicted molar refractivity (Wildman–Crippen MR) is 71.8 cm³/mol. The summed E-state index contributed by atoms with van der Waals surface area (Å²) in [6, 6.07) is 18.9. The van der Waals surface area contributed by atoms with Crippen molar-refractivity contribution in [3.05, 3.63) is 71.3 Å². The Balaban J connectivity index is 2.07. The zero-order chi connectivity index (χ0) is 12.4. The van der Waals surface area contributed by atoms with Crippen molar-refractivity contribution in [3.8, 4) is 0 Å². The van der Waals surface area contributed by atoms with Crippen LogP contribution in [-0.4, -0.2) is 23.4 Å². The van der Waals surface area contributed by atoms with E-state index >= 15 is 0 Å². The average Bonchev–Trinajstić information content (AvgIpc) is 2.60. The van der Waals surface area contributed by atoms with Gasteiger partial charge in [-0.3, -0.25) is 0 Å². The summed E-state index contributed by atoms with van der Waals surface area (Å²) in [5, 5.41) is 11.4. The molecular formula is C16H17NO. The van der Waals surface area contributed by atoms with E-state index in [0.717, 1.165) is 6.42 Å². The summed E-state index contributed by atoms with van der Waals surface area (Å²) in [4.78, 5) is 0. The molecule has 0 fully saturated rings. The van der Waals surface area contributed by atoms with E-state index in [-0.39, 0.29) is 5.92 Å². The number of rotatable bonds is 1. The largest absolute Gasteiger partial charge is 0.314 e. The van der Waals surface area contributed by atoms with Crippen LogP contribution in [0.2, 0.25) is 0 Å². The number of hydrogen-bond donors (Lipinski definition) is 1. The zero-order valence-corrected chi connectivity index (χ0v) is 10.3. The molecule has 1 atom stereocenters. The average molecular weight is 239 g/mol. The Morgan fingerprint density at radius 2 is 1.67 bits per heavy atom. The minimum atomic E-state index is 0.259. The first kappa shape index (κ1) is 11.5. The molecule has 0 saturated carbocycles. The van der Waals surface area contributed by atoms with E-state index in [0.29, 0.717) is 13.1 Å². The van der Waals surface area contributed by atoms with Crippen LogP contribution in [0.15, 0.2) is 54.6 Å². The molecule has 18 heavy (non-hydrogen) atoms. The van der Waals surface area contributed by atoms with E-state index in [1.807, 2.05) is 6.07 Å². The van der Waals surface area contributed by atoms with Crippen LogP contribution in [0, 0.1) is 0 Å². The van der Waals surface area contributed by atoms with E-state index in [4.69, 9.17) is 0 Å². The third-order valence-electron chi connectivity index (χ3n) is 3.67. The van der Waals surface area contributed by atoms with Gasteiger partial charge in [0.2, 0.25) is 0 Å². The van der Waals surface area contributed by atoms with Crippen molar-refractivity contribution in [3.63, 3.8) is 0 Å². The van der Waals surface area contributed by atoms with Gasteiger partial charge in [0.25, 0.3) is 0 Å². The van der Waals surface area contributed by atoms with Crippen LogP contribution in [0.1, 0.15) is 22.6 Å². The second kappa shape index (κ2) is 4.92. The molecule has 1 unspecified atom stereocenters. The summed E-state index contributed by atoms with van der Waals surface area (Å²) in [6.45, 7) is 1.38. The van der Waals surface area contributed by atoms with Gasteiger partial charge in [0, 0.05) is 19.0 Å². The standard InChI is InChI=1S/C16H17NO/c18-17-11-10-14-8-4-5-9-15(14)16(12-17)13-6-2-1-3-7-13/h1-9,16,18H,10-12H2. The SMILES string of the molecule is ON1CCc2ccccc2C(c2ccccc2)C1. The maximum atomic E-state index is 9.93. The van der Waals surface area contributed by atoms with Crippen LogP contribution < -0.4 is 0 Å². The number of fused-ring (bicyclic) bond motifs is 1. The fourth-order valence-electron chi connectivity index (χ4n) is 2.72. The highest BCUT2D eigenvalue weighted by Crippen LogP contribution is 2.30. The lowest BCUT2D eigenvalue weighted by Crippen LogP contribution is -2.25. The minimum Gasteiger partial charge on any atom is -0.314 e. The summed E-state index contributed by atoms with van der Waals surface area (Å²) in [5.74, 6) is 0.259. The fraction of sp³-hybridized carbons (Fsp3) is 0.250. The summed E-state index contributed by atoms with van der Waals surface area (Å²) in [5.41, 5.74) is 3.97. The Hall–Kier alpha value is -1.64. The Morgan fingerprint density at radius 3 is 2.50 bits per heavy atom. The van der Waals surface area contributed by atoms with E-state index in [9.17, 15) is 5.21 Å². The summed E-state index contributed by atoms with van der Waals surface area (Å²) in [6.07, 6.45) is 0.913. The molecule has 0 amide bonds. The topological polar surface area (TPSA) is 23.5 Å². The third-order valence-corrected chi connectivity index (χ3v) is 3.67. The molecule has 2 aromatic rings. The first-order valence-electron chi connectivity index (χ1n) is 6.41. The Morgan fingerprint density at radius 1 is 0.944 bits per heavy atom. The molecular weight excluding hydrogens is 222 g/mol. The molecule has 92 valence electrons. The molecule has 1 aliphatic rings. The summed E-state index contributed by atoms with van der Waals surface area (Å²) >= 11 is 0. The van der Waals surface area contributed by atoms with Gasteiger partial charge in [0.1, 0.15) is 0 Å². The van der Waals surface area contributed by atoms with Crippen LogP contribution in [0.25, 0.3) is 0 Å². The molecule has 1 N–H and O–H groups in total. The van der Waals surface area contributed by atoms with Gasteiger partial charge in [-0.2, -0.15) is 5.06 Å². The lowest BCUT2D eigenvalue weighted by Gasteiger charge is -2.20. The molecule has 0 radical (unpaired) electrons. The monoisotopic (exact) mass is 239 g/mol. The first-order chi connectivity index (χ1) is 8.84. The molecule has 1 heterocycles. The van der Waals surface area contributed by atoms with Crippen LogP contribution in [-0.2, 0) is 6.42 Å². The highest BCUT2D eigenvalue weighted by Gasteiger charge is 2.23. The molecule has 1 aliphatic heterocycles. The van der Waals surface area contributed by atoms with Gasteiger partial charge in [-0.05, 0) is 23.1 Å². The van der Waals surface area contributed by atoms with Crippen LogP contribution in [0.4, 0.5) is 0 Å². The van der Waals surface area contributed by atoms with Crippen molar-refractivity contribution in [1.82, 2.24) is 5.06 Å². The molecule has 0 aliphatic carbocycles. The Bertz CT molecular complexity index is 524. The molecule has 3 rings (SSSR count). The molecule has 2 aromatic carbocycles. The van der Waals surface area contributed by atoms with Crippen molar-refractivity contribution >= 4 is 0 Å². The maximum Gasteiger partial charge on any atom is 0.0348 e. The van der Waals surface area contributed by atoms with Gasteiger partial charge in [0.05, 0.1) is 0 Å². The van der Waals surface area contributed by atoms with E-state index in [2.05, 4.69) is 48.5 Å². The zero-order valence-electron chi connectivity index (χ0n) is 10.3. The van der Waals surface area contributed by atoms with E-state index < -0.39 is 0 Å². The van der Waals surface area contributed by atoms with Crippen molar-refractivity contribution in [1.29, 1.82) is 0 Å². The van der Waals surface area contributed by atoms with E-state index in [1.54, 1.807) is 0 Å². The second-order valence-electron chi connectivity index (χ2n) is 4.82. The van der Waals surface area contributed by atoms with Crippen LogP contribution in [0.5, 0.6) is 0 Å². The van der Waals surface area contributed by atoms with Crippen molar-refractivity contribution < 1.29 is 5.21 Å². The Labute approximate surface area is 107 Å². The fourth-order valence-corrected chi connectivity index (χ4v) is 2.72. The third kappa shape index (κ3) is 2.17. The van der Waals surface area contributed by atoms with Crippen molar-refractivity contribution in [2.45, 2.75) is 12.3 Å². The van der Waals surface area contributed by atoms with E-state index in [1.165, 1.54) is 21.8 Å². The number of hydrogen-bond acceptors (Lipinski definition) is 2. The molecule has 2 heteroatoms. The summed E-state index contributed by atoms with van der Waals surface area (Å²) in [7, 11) is 0. The number of hydroxylamine groups is 2. The predicted octanol–water partition coefficient (Wildman–Crippen LogP) is 3.07. The highest BCUT2D eigenvalue weighted by molar-refractivity contribution is 5.39. The molecule has 2 nitrogen and oxygen atoms in total. The second-order valence-corrected chi connectivity index (χ2v) is 4.82. The van der Waals surface area contributed by atoms with Gasteiger partial charge in [-0.1, -0.05) is 54.6 Å². The molecule has 0 spiro atoms.